The van der Waals surface area contributed by atoms with Gasteiger partial charge in [-0.05, 0) is 83.4 Å². The molecule has 0 aliphatic carbocycles. The van der Waals surface area contributed by atoms with Gasteiger partial charge in [0, 0.05) is 55.0 Å². The molecular formula is C33H43N8O2P. The van der Waals surface area contributed by atoms with Gasteiger partial charge in [-0.25, -0.2) is 0 Å². The Morgan fingerprint density at radius 3 is 2.59 bits per heavy atom. The van der Waals surface area contributed by atoms with Gasteiger partial charge < -0.3 is 34.7 Å². The highest BCUT2D eigenvalue weighted by atomic mass is 31.2. The third kappa shape index (κ3) is 5.78. The van der Waals surface area contributed by atoms with Crippen molar-refractivity contribution < 1.29 is 9.30 Å². The topological polar surface area (TPSA) is 102 Å². The summed E-state index contributed by atoms with van der Waals surface area (Å²) in [6.45, 7) is 14.4. The number of aromatic amines is 1. The smallest absolute Gasteiger partial charge is 0.231 e. The first-order valence-electron chi connectivity index (χ1n) is 15.8. The number of anilines is 5. The molecule has 4 aromatic rings. The van der Waals surface area contributed by atoms with Crippen molar-refractivity contribution in [2.24, 2.45) is 0 Å². The Hall–Kier alpha value is -3.59. The largest absolute Gasteiger partial charge is 0.489 e. The average molecular weight is 615 g/mol. The van der Waals surface area contributed by atoms with Crippen LogP contribution in [0.25, 0.3) is 11.0 Å². The van der Waals surface area contributed by atoms with E-state index in [0.29, 0.717) is 42.1 Å². The maximum absolute atomic E-state index is 13.0. The van der Waals surface area contributed by atoms with Crippen molar-refractivity contribution in [3.63, 3.8) is 0 Å². The van der Waals surface area contributed by atoms with Crippen LogP contribution in [0.4, 0.5) is 28.8 Å². The molecule has 5 heterocycles. The third-order valence-electron chi connectivity index (χ3n) is 9.37. The summed E-state index contributed by atoms with van der Waals surface area (Å²) >= 11 is 0. The number of ether oxygens (including phenoxy) is 1. The van der Waals surface area contributed by atoms with Crippen LogP contribution in [-0.4, -0.2) is 95.5 Å². The maximum atomic E-state index is 13.0. The Morgan fingerprint density at radius 2 is 1.80 bits per heavy atom. The molecule has 44 heavy (non-hydrogen) atoms. The van der Waals surface area contributed by atoms with E-state index in [2.05, 4.69) is 62.4 Å². The van der Waals surface area contributed by atoms with Crippen LogP contribution in [-0.2, 0) is 4.57 Å². The van der Waals surface area contributed by atoms with E-state index in [1.54, 1.807) is 13.3 Å². The monoisotopic (exact) mass is 614 g/mol. The van der Waals surface area contributed by atoms with Crippen molar-refractivity contribution in [1.29, 1.82) is 0 Å². The Morgan fingerprint density at radius 1 is 0.977 bits per heavy atom. The lowest BCUT2D eigenvalue weighted by atomic mass is 9.99. The summed E-state index contributed by atoms with van der Waals surface area (Å²) < 4.78 is 19.3. The first kappa shape index (κ1) is 29.1. The van der Waals surface area contributed by atoms with Crippen molar-refractivity contribution in [3.05, 3.63) is 54.7 Å². The average Bonchev–Trinajstić information content (AvgIpc) is 3.49. The lowest BCUT2D eigenvalue weighted by Crippen LogP contribution is -2.60. The van der Waals surface area contributed by atoms with Gasteiger partial charge in [0.1, 0.15) is 31.0 Å². The first-order chi connectivity index (χ1) is 21.2. The van der Waals surface area contributed by atoms with Gasteiger partial charge in [-0.3, -0.25) is 4.90 Å². The van der Waals surface area contributed by atoms with Crippen LogP contribution in [0.3, 0.4) is 0 Å². The van der Waals surface area contributed by atoms with E-state index in [1.165, 1.54) is 25.9 Å². The van der Waals surface area contributed by atoms with E-state index >= 15 is 0 Å². The number of rotatable bonds is 7. The molecule has 2 aromatic carbocycles. The molecule has 1 atom stereocenters. The van der Waals surface area contributed by atoms with Crippen LogP contribution >= 0.6 is 7.14 Å². The number of nitrogens with one attached hydrogen (secondary N) is 3. The lowest BCUT2D eigenvalue weighted by Gasteiger charge is -2.49. The number of piperazine rings is 1. The summed E-state index contributed by atoms with van der Waals surface area (Å²) in [5.41, 5.74) is 3.51. The van der Waals surface area contributed by atoms with Crippen molar-refractivity contribution in [2.75, 3.05) is 68.2 Å². The minimum atomic E-state index is -2.50. The summed E-state index contributed by atoms with van der Waals surface area (Å²) in [5, 5.41) is 8.47. The van der Waals surface area contributed by atoms with E-state index in [4.69, 9.17) is 14.7 Å². The maximum Gasteiger partial charge on any atom is 0.231 e. The first-order valence-corrected chi connectivity index (χ1v) is 18.4. The second-order valence-electron chi connectivity index (χ2n) is 13.0. The van der Waals surface area contributed by atoms with Gasteiger partial charge in [0.05, 0.1) is 22.8 Å². The number of hydrogen-bond donors (Lipinski definition) is 3. The summed E-state index contributed by atoms with van der Waals surface area (Å²) in [6.07, 6.45) is 4.37. The highest BCUT2D eigenvalue weighted by molar-refractivity contribution is 7.70. The zero-order chi connectivity index (χ0) is 30.4. The van der Waals surface area contributed by atoms with Crippen LogP contribution < -0.4 is 25.6 Å². The molecule has 2 saturated heterocycles. The molecule has 2 aromatic heterocycles. The zero-order valence-electron chi connectivity index (χ0n) is 26.1. The summed E-state index contributed by atoms with van der Waals surface area (Å²) in [7, 11) is -2.50. The van der Waals surface area contributed by atoms with E-state index in [1.807, 2.05) is 36.5 Å². The number of H-pyrrole nitrogens is 1. The Balaban J connectivity index is 1.06. The predicted octanol–water partition coefficient (Wildman–Crippen LogP) is 5.45. The minimum Gasteiger partial charge on any atom is -0.489 e. The molecule has 0 radical (unpaired) electrons. The lowest BCUT2D eigenvalue weighted by molar-refractivity contribution is 0.0692. The van der Waals surface area contributed by atoms with E-state index in [9.17, 15) is 4.57 Å². The molecule has 3 N–H and O–H groups in total. The van der Waals surface area contributed by atoms with Crippen LogP contribution in [0, 0.1) is 0 Å². The number of fused-ring (bicyclic) bond motifs is 4. The van der Waals surface area contributed by atoms with Gasteiger partial charge in [-0.2, -0.15) is 9.97 Å². The van der Waals surface area contributed by atoms with Crippen LogP contribution in [0.1, 0.15) is 26.7 Å². The fraction of sp³-hybridized carbons (Fsp3) is 0.455. The molecule has 0 saturated carbocycles. The van der Waals surface area contributed by atoms with Gasteiger partial charge in [-0.15, -0.1) is 0 Å². The number of likely N-dealkylation sites (tertiary alicyclic amines) is 1. The molecule has 3 aliphatic rings. The van der Waals surface area contributed by atoms with Gasteiger partial charge in [-0.1, -0.05) is 12.1 Å². The Labute approximate surface area is 259 Å². The molecular weight excluding hydrogens is 571 g/mol. The van der Waals surface area contributed by atoms with Crippen molar-refractivity contribution >= 4 is 52.3 Å². The number of aromatic nitrogens is 3. The minimum absolute atomic E-state index is 0.370. The fourth-order valence-corrected chi connectivity index (χ4v) is 8.12. The predicted molar refractivity (Wildman–Crippen MR) is 180 cm³/mol. The molecule has 232 valence electrons. The Kier molecular flexibility index (Phi) is 7.77. The fourth-order valence-electron chi connectivity index (χ4n) is 6.97. The zero-order valence-corrected chi connectivity index (χ0v) is 27.0. The van der Waals surface area contributed by atoms with Gasteiger partial charge in [0.15, 0.2) is 0 Å². The van der Waals surface area contributed by atoms with Crippen molar-refractivity contribution in [1.82, 2.24) is 24.8 Å². The summed E-state index contributed by atoms with van der Waals surface area (Å²) in [4.78, 5) is 20.6. The van der Waals surface area contributed by atoms with Crippen LogP contribution in [0.2, 0.25) is 0 Å². The molecule has 2 fully saturated rings. The standard InChI is InChI=1S/C33H43N8O2P/c1-22(2)39-15-12-24(13-16-39)40-17-18-41-25(20-40)21-43-29-19-23(9-10-28(29)41)35-33-37-31-26(11-14-34-31)32(38-33)36-27-7-5-6-8-30(27)44(3,4)42/h5-11,14,19,22,24-25H,12-13,15-18,20-21H2,1-4H3,(H3,34,35,36,37,38)/t25-/m1/s1. The van der Waals surface area contributed by atoms with Crippen molar-refractivity contribution in [2.45, 2.75) is 44.8 Å². The normalized spacial score (nSPS) is 19.9. The SMILES string of the molecule is CC(C)N1CCC(N2CCN3c4ccc(Nc5nc(Nc6ccccc6P(C)(C)=O)c6cc[nH]c6n5)cc4OC[C@H]3C2)CC1. The highest BCUT2D eigenvalue weighted by Crippen LogP contribution is 2.40. The van der Waals surface area contributed by atoms with Gasteiger partial charge >= 0.3 is 0 Å². The second-order valence-corrected chi connectivity index (χ2v) is 16.1. The molecule has 10 nitrogen and oxygen atoms in total. The molecule has 11 heteroatoms. The van der Waals surface area contributed by atoms with Crippen LogP contribution in [0.15, 0.2) is 54.7 Å². The highest BCUT2D eigenvalue weighted by Gasteiger charge is 2.36. The Bertz CT molecular complexity index is 1690. The molecule has 0 amide bonds. The quantitative estimate of drug-likeness (QED) is 0.235. The summed E-state index contributed by atoms with van der Waals surface area (Å²) in [6, 6.07) is 17.6. The van der Waals surface area contributed by atoms with Crippen molar-refractivity contribution in [3.8, 4) is 5.75 Å². The van der Waals surface area contributed by atoms with E-state index in [0.717, 1.165) is 53.1 Å². The van der Waals surface area contributed by atoms with E-state index in [-0.39, 0.29) is 0 Å². The second kappa shape index (κ2) is 11.7. The summed E-state index contributed by atoms with van der Waals surface area (Å²) in [5.74, 6) is 1.99. The molecule has 0 spiro atoms. The molecule has 3 aliphatic heterocycles. The van der Waals surface area contributed by atoms with Gasteiger partial charge in [0.25, 0.3) is 0 Å². The number of benzene rings is 2. The molecule has 0 bridgehead atoms. The molecule has 0 unspecified atom stereocenters. The van der Waals surface area contributed by atoms with E-state index < -0.39 is 7.14 Å². The third-order valence-corrected chi connectivity index (χ3v) is 10.9. The number of piperidine rings is 1. The van der Waals surface area contributed by atoms with Crippen LogP contribution in [0.5, 0.6) is 5.75 Å². The number of para-hydroxylation sites is 1. The molecule has 7 rings (SSSR count). The van der Waals surface area contributed by atoms with Gasteiger partial charge in [0.2, 0.25) is 5.95 Å². The number of nitrogens with zero attached hydrogens (tertiary/aromatic N) is 5. The number of hydrogen-bond acceptors (Lipinski definition) is 9.